The van der Waals surface area contributed by atoms with Crippen molar-refractivity contribution in [1.82, 2.24) is 4.90 Å². The summed E-state index contributed by atoms with van der Waals surface area (Å²) in [5.41, 5.74) is 0.881. The van der Waals surface area contributed by atoms with E-state index >= 15 is 0 Å². The van der Waals surface area contributed by atoms with Crippen molar-refractivity contribution >= 4 is 18.0 Å². The summed E-state index contributed by atoms with van der Waals surface area (Å²) in [6.45, 7) is 2.76. The van der Waals surface area contributed by atoms with Crippen molar-refractivity contribution in [1.29, 1.82) is 0 Å². The number of amides is 1. The number of likely N-dealkylation sites (N-methyl/N-ethyl adjacent to an activating group) is 1. The predicted octanol–water partition coefficient (Wildman–Crippen LogP) is 2.12. The largest absolute Gasteiger partial charge is 0.497 e. The monoisotopic (exact) mass is 291 g/mol. The Morgan fingerprint density at radius 2 is 2.05 bits per heavy atom. The highest BCUT2D eigenvalue weighted by Crippen LogP contribution is 2.13. The quantitative estimate of drug-likeness (QED) is 0.570. The first-order valence-corrected chi connectivity index (χ1v) is 6.78. The summed E-state index contributed by atoms with van der Waals surface area (Å²) in [6, 6.07) is 7.43. The van der Waals surface area contributed by atoms with E-state index in [1.165, 1.54) is 13.2 Å². The van der Waals surface area contributed by atoms with Crippen LogP contribution in [0, 0.1) is 0 Å². The average Bonchev–Trinajstić information content (AvgIpc) is 2.53. The average molecular weight is 291 g/mol. The van der Waals surface area contributed by atoms with Gasteiger partial charge in [-0.1, -0.05) is 12.1 Å². The zero-order valence-corrected chi connectivity index (χ0v) is 12.7. The minimum absolute atomic E-state index is 0.135. The van der Waals surface area contributed by atoms with E-state index in [4.69, 9.17) is 4.74 Å². The van der Waals surface area contributed by atoms with Crippen molar-refractivity contribution in [3.05, 3.63) is 35.9 Å². The highest BCUT2D eigenvalue weighted by atomic mass is 16.5. The minimum atomic E-state index is -0.321. The summed E-state index contributed by atoms with van der Waals surface area (Å²) < 4.78 is 9.70. The summed E-state index contributed by atoms with van der Waals surface area (Å²) in [5.74, 6) is 0.282. The number of ether oxygens (including phenoxy) is 2. The number of rotatable bonds is 7. The maximum absolute atomic E-state index is 12.1. The number of hydrogen-bond donors (Lipinski definition) is 0. The van der Waals surface area contributed by atoms with E-state index in [2.05, 4.69) is 4.74 Å². The molecule has 0 saturated carbocycles. The standard InChI is InChI=1S/C16H21NO4/c1-4-17(11-10-16(19)21-3)15(18)9-8-13-6-5-7-14(12-13)20-2/h5-9,12H,4,10-11H2,1-3H3/b9-8+. The van der Waals surface area contributed by atoms with Crippen LogP contribution < -0.4 is 4.74 Å². The van der Waals surface area contributed by atoms with Crippen LogP contribution in [-0.4, -0.2) is 44.1 Å². The lowest BCUT2D eigenvalue weighted by atomic mass is 10.2. The molecule has 0 spiro atoms. The molecular weight excluding hydrogens is 270 g/mol. The van der Waals surface area contributed by atoms with E-state index < -0.39 is 0 Å². The number of carbonyl (C=O) groups is 2. The van der Waals surface area contributed by atoms with Crippen molar-refractivity contribution in [3.63, 3.8) is 0 Å². The van der Waals surface area contributed by atoms with Gasteiger partial charge in [-0.3, -0.25) is 9.59 Å². The number of esters is 1. The number of methoxy groups -OCH3 is 2. The molecule has 114 valence electrons. The van der Waals surface area contributed by atoms with Gasteiger partial charge < -0.3 is 14.4 Å². The molecular formula is C16H21NO4. The van der Waals surface area contributed by atoms with Crippen LogP contribution in [0.15, 0.2) is 30.3 Å². The first-order valence-electron chi connectivity index (χ1n) is 6.78. The Hall–Kier alpha value is -2.30. The maximum Gasteiger partial charge on any atom is 0.307 e. The second-order valence-corrected chi connectivity index (χ2v) is 4.35. The van der Waals surface area contributed by atoms with Gasteiger partial charge in [-0.25, -0.2) is 0 Å². The number of nitrogens with zero attached hydrogens (tertiary/aromatic N) is 1. The second kappa shape index (κ2) is 8.79. The van der Waals surface area contributed by atoms with Crippen LogP contribution in [0.5, 0.6) is 5.75 Å². The normalized spacial score (nSPS) is 10.4. The number of benzene rings is 1. The Labute approximate surface area is 125 Å². The lowest BCUT2D eigenvalue weighted by Gasteiger charge is -2.18. The molecule has 1 aromatic carbocycles. The number of hydrogen-bond acceptors (Lipinski definition) is 4. The van der Waals surface area contributed by atoms with Crippen molar-refractivity contribution in [2.24, 2.45) is 0 Å². The SMILES string of the molecule is CCN(CCC(=O)OC)C(=O)/C=C/c1cccc(OC)c1. The van der Waals surface area contributed by atoms with Gasteiger partial charge in [0.1, 0.15) is 5.75 Å². The van der Waals surface area contributed by atoms with Crippen LogP contribution in [0.25, 0.3) is 6.08 Å². The van der Waals surface area contributed by atoms with Gasteiger partial charge in [0.25, 0.3) is 0 Å². The molecule has 1 amide bonds. The molecule has 21 heavy (non-hydrogen) atoms. The highest BCUT2D eigenvalue weighted by molar-refractivity contribution is 5.92. The van der Waals surface area contributed by atoms with Crippen molar-refractivity contribution < 1.29 is 19.1 Å². The summed E-state index contributed by atoms with van der Waals surface area (Å²) in [7, 11) is 2.93. The Bertz CT molecular complexity index is 511. The van der Waals surface area contributed by atoms with Crippen molar-refractivity contribution in [2.75, 3.05) is 27.3 Å². The van der Waals surface area contributed by atoms with Gasteiger partial charge in [-0.2, -0.15) is 0 Å². The summed E-state index contributed by atoms with van der Waals surface area (Å²) >= 11 is 0. The zero-order valence-electron chi connectivity index (χ0n) is 12.7. The Morgan fingerprint density at radius 3 is 2.67 bits per heavy atom. The van der Waals surface area contributed by atoms with E-state index in [1.807, 2.05) is 31.2 Å². The third kappa shape index (κ3) is 5.69. The van der Waals surface area contributed by atoms with Gasteiger partial charge in [0.15, 0.2) is 0 Å². The number of carbonyl (C=O) groups excluding carboxylic acids is 2. The Kier molecular flexibility index (Phi) is 7.01. The third-order valence-electron chi connectivity index (χ3n) is 3.02. The van der Waals surface area contributed by atoms with Gasteiger partial charge in [0.2, 0.25) is 5.91 Å². The predicted molar refractivity (Wildman–Crippen MR) is 80.9 cm³/mol. The van der Waals surface area contributed by atoms with Gasteiger partial charge in [0, 0.05) is 19.2 Å². The molecule has 0 aromatic heterocycles. The molecule has 0 unspecified atom stereocenters. The molecule has 0 aliphatic rings. The fraction of sp³-hybridized carbons (Fsp3) is 0.375. The van der Waals surface area contributed by atoms with Crippen LogP contribution in [-0.2, 0) is 14.3 Å². The van der Waals surface area contributed by atoms with Crippen LogP contribution in [0.2, 0.25) is 0 Å². The Balaban J connectivity index is 2.63. The molecule has 0 radical (unpaired) electrons. The molecule has 0 N–H and O–H groups in total. The lowest BCUT2D eigenvalue weighted by molar-refractivity contribution is -0.141. The first kappa shape index (κ1) is 16.8. The molecule has 1 aromatic rings. The van der Waals surface area contributed by atoms with E-state index in [-0.39, 0.29) is 18.3 Å². The van der Waals surface area contributed by atoms with E-state index in [0.29, 0.717) is 13.1 Å². The van der Waals surface area contributed by atoms with E-state index in [0.717, 1.165) is 11.3 Å². The lowest BCUT2D eigenvalue weighted by Crippen LogP contribution is -2.31. The van der Waals surface area contributed by atoms with Crippen molar-refractivity contribution in [3.8, 4) is 5.75 Å². The van der Waals surface area contributed by atoms with Gasteiger partial charge in [-0.15, -0.1) is 0 Å². The fourth-order valence-electron chi connectivity index (χ4n) is 1.77. The van der Waals surface area contributed by atoms with Crippen LogP contribution in [0.4, 0.5) is 0 Å². The molecule has 0 bridgehead atoms. The zero-order chi connectivity index (χ0) is 15.7. The molecule has 1 rings (SSSR count). The Morgan fingerprint density at radius 1 is 1.29 bits per heavy atom. The fourth-order valence-corrected chi connectivity index (χ4v) is 1.77. The molecule has 0 atom stereocenters. The van der Waals surface area contributed by atoms with Gasteiger partial charge >= 0.3 is 5.97 Å². The maximum atomic E-state index is 12.1. The van der Waals surface area contributed by atoms with Gasteiger partial charge in [-0.05, 0) is 30.7 Å². The molecule has 5 nitrogen and oxygen atoms in total. The smallest absolute Gasteiger partial charge is 0.307 e. The molecule has 0 saturated heterocycles. The molecule has 0 aliphatic heterocycles. The molecule has 5 heteroatoms. The summed E-state index contributed by atoms with van der Waals surface area (Å²) in [6.07, 6.45) is 3.42. The van der Waals surface area contributed by atoms with Crippen LogP contribution >= 0.6 is 0 Å². The third-order valence-corrected chi connectivity index (χ3v) is 3.02. The highest BCUT2D eigenvalue weighted by Gasteiger charge is 2.10. The molecule has 0 heterocycles. The first-order chi connectivity index (χ1) is 10.1. The summed E-state index contributed by atoms with van der Waals surface area (Å²) in [5, 5.41) is 0. The second-order valence-electron chi connectivity index (χ2n) is 4.35. The molecule has 0 fully saturated rings. The topological polar surface area (TPSA) is 55.8 Å². The van der Waals surface area contributed by atoms with Crippen molar-refractivity contribution in [2.45, 2.75) is 13.3 Å². The van der Waals surface area contributed by atoms with Crippen LogP contribution in [0.1, 0.15) is 18.9 Å². The summed E-state index contributed by atoms with van der Waals surface area (Å²) in [4.78, 5) is 24.8. The molecule has 0 aliphatic carbocycles. The van der Waals surface area contributed by atoms with Crippen LogP contribution in [0.3, 0.4) is 0 Å². The van der Waals surface area contributed by atoms with Gasteiger partial charge in [0.05, 0.1) is 20.6 Å². The van der Waals surface area contributed by atoms with E-state index in [1.54, 1.807) is 18.1 Å². The van der Waals surface area contributed by atoms with E-state index in [9.17, 15) is 9.59 Å². The minimum Gasteiger partial charge on any atom is -0.497 e.